The summed E-state index contributed by atoms with van der Waals surface area (Å²) in [5.41, 5.74) is 6.03. The number of likely N-dealkylation sites (tertiary alicyclic amines) is 1. The van der Waals surface area contributed by atoms with Crippen molar-refractivity contribution in [3.8, 4) is 0 Å². The SMILES string of the molecule is CC(N)C1CCCN(CC(=O)NC(C)C2CC3CCC2C3)C1.Cl. The standard InChI is InChI=1S/C18H33N3O.ClH/c1-12(19)16-4-3-7-21(10-16)11-18(22)20-13(2)17-9-14-5-6-15(17)8-14;/h12-17H,3-11,19H2,1-2H3,(H,20,22);1H. The molecule has 3 fully saturated rings. The molecule has 3 aliphatic rings. The van der Waals surface area contributed by atoms with Gasteiger partial charge in [-0.15, -0.1) is 12.4 Å². The molecular formula is C18H34ClN3O. The van der Waals surface area contributed by atoms with Crippen molar-refractivity contribution >= 4 is 18.3 Å². The number of carbonyl (C=O) groups is 1. The average Bonchev–Trinajstić information content (AvgIpc) is 3.10. The molecule has 0 aromatic carbocycles. The zero-order chi connectivity index (χ0) is 15.7. The Labute approximate surface area is 147 Å². The van der Waals surface area contributed by atoms with Gasteiger partial charge < -0.3 is 11.1 Å². The van der Waals surface area contributed by atoms with Crippen LogP contribution in [0.1, 0.15) is 52.4 Å². The van der Waals surface area contributed by atoms with Crippen molar-refractivity contribution in [3.05, 3.63) is 0 Å². The summed E-state index contributed by atoms with van der Waals surface area (Å²) >= 11 is 0. The molecule has 2 aliphatic carbocycles. The van der Waals surface area contributed by atoms with Crippen LogP contribution in [0.5, 0.6) is 0 Å². The number of nitrogens with zero attached hydrogens (tertiary/aromatic N) is 1. The van der Waals surface area contributed by atoms with Crippen LogP contribution in [0.3, 0.4) is 0 Å². The second-order valence-corrected chi connectivity index (χ2v) is 8.19. The number of nitrogens with one attached hydrogen (secondary N) is 1. The molecule has 1 aliphatic heterocycles. The Morgan fingerprint density at radius 3 is 2.65 bits per heavy atom. The number of rotatable bonds is 5. The second-order valence-electron chi connectivity index (χ2n) is 8.19. The van der Waals surface area contributed by atoms with E-state index in [2.05, 4.69) is 24.1 Å². The fourth-order valence-corrected chi connectivity index (χ4v) is 5.18. The molecule has 23 heavy (non-hydrogen) atoms. The number of carbonyl (C=O) groups excluding carboxylic acids is 1. The second kappa shape index (κ2) is 8.17. The van der Waals surface area contributed by atoms with E-state index in [1.54, 1.807) is 0 Å². The van der Waals surface area contributed by atoms with E-state index in [9.17, 15) is 4.79 Å². The lowest BCUT2D eigenvalue weighted by Crippen LogP contribution is -2.48. The van der Waals surface area contributed by atoms with Gasteiger partial charge >= 0.3 is 0 Å². The molecular weight excluding hydrogens is 310 g/mol. The van der Waals surface area contributed by atoms with Gasteiger partial charge in [-0.1, -0.05) is 6.42 Å². The van der Waals surface area contributed by atoms with Crippen molar-refractivity contribution in [2.75, 3.05) is 19.6 Å². The fourth-order valence-electron chi connectivity index (χ4n) is 5.18. The van der Waals surface area contributed by atoms with Gasteiger partial charge in [-0.05, 0) is 76.2 Å². The largest absolute Gasteiger partial charge is 0.352 e. The molecule has 134 valence electrons. The third-order valence-electron chi connectivity index (χ3n) is 6.48. The van der Waals surface area contributed by atoms with Gasteiger partial charge in [0.15, 0.2) is 0 Å². The normalized spacial score (nSPS) is 36.3. The molecule has 2 bridgehead atoms. The lowest BCUT2D eigenvalue weighted by molar-refractivity contribution is -0.123. The summed E-state index contributed by atoms with van der Waals surface area (Å²) in [6.07, 6.45) is 7.93. The number of hydrogen-bond donors (Lipinski definition) is 2. The minimum Gasteiger partial charge on any atom is -0.352 e. The number of amides is 1. The van der Waals surface area contributed by atoms with Crippen LogP contribution in [0.15, 0.2) is 0 Å². The molecule has 1 saturated heterocycles. The van der Waals surface area contributed by atoms with Crippen molar-refractivity contribution in [3.63, 3.8) is 0 Å². The Balaban J connectivity index is 0.00000192. The van der Waals surface area contributed by atoms with E-state index in [1.165, 1.54) is 38.5 Å². The van der Waals surface area contributed by atoms with E-state index in [0.717, 1.165) is 30.8 Å². The summed E-state index contributed by atoms with van der Waals surface area (Å²) in [5, 5.41) is 3.29. The van der Waals surface area contributed by atoms with Crippen LogP contribution < -0.4 is 11.1 Å². The van der Waals surface area contributed by atoms with Gasteiger partial charge in [0.05, 0.1) is 6.54 Å². The molecule has 0 radical (unpaired) electrons. The maximum atomic E-state index is 12.4. The van der Waals surface area contributed by atoms with Crippen molar-refractivity contribution in [2.24, 2.45) is 29.4 Å². The zero-order valence-electron chi connectivity index (χ0n) is 14.7. The van der Waals surface area contributed by atoms with Crippen LogP contribution in [-0.4, -0.2) is 42.5 Å². The van der Waals surface area contributed by atoms with Gasteiger partial charge in [-0.25, -0.2) is 0 Å². The summed E-state index contributed by atoms with van der Waals surface area (Å²) in [6, 6.07) is 0.579. The van der Waals surface area contributed by atoms with E-state index in [1.807, 2.05) is 0 Å². The van der Waals surface area contributed by atoms with Crippen LogP contribution in [0.25, 0.3) is 0 Å². The molecule has 6 unspecified atom stereocenters. The lowest BCUT2D eigenvalue weighted by atomic mass is 9.84. The third kappa shape index (κ3) is 4.61. The van der Waals surface area contributed by atoms with E-state index in [0.29, 0.717) is 18.5 Å². The molecule has 0 aromatic heterocycles. The van der Waals surface area contributed by atoms with E-state index in [4.69, 9.17) is 5.73 Å². The van der Waals surface area contributed by atoms with Crippen LogP contribution in [0, 0.1) is 23.7 Å². The third-order valence-corrected chi connectivity index (χ3v) is 6.48. The summed E-state index contributed by atoms with van der Waals surface area (Å²) in [7, 11) is 0. The Hall–Kier alpha value is -0.320. The predicted octanol–water partition coefficient (Wildman–Crippen LogP) is 2.41. The van der Waals surface area contributed by atoms with Gasteiger partial charge in [-0.2, -0.15) is 0 Å². The first-order chi connectivity index (χ1) is 10.5. The number of piperidine rings is 1. The van der Waals surface area contributed by atoms with Gasteiger partial charge in [0, 0.05) is 18.6 Å². The van der Waals surface area contributed by atoms with E-state index < -0.39 is 0 Å². The smallest absolute Gasteiger partial charge is 0.234 e. The Kier molecular flexibility index (Phi) is 6.76. The molecule has 6 atom stereocenters. The van der Waals surface area contributed by atoms with Crippen molar-refractivity contribution in [1.29, 1.82) is 0 Å². The maximum absolute atomic E-state index is 12.4. The number of hydrogen-bond acceptors (Lipinski definition) is 3. The van der Waals surface area contributed by atoms with Crippen molar-refractivity contribution in [2.45, 2.75) is 64.5 Å². The van der Waals surface area contributed by atoms with Crippen LogP contribution in [0.4, 0.5) is 0 Å². The highest BCUT2D eigenvalue weighted by atomic mass is 35.5. The summed E-state index contributed by atoms with van der Waals surface area (Å²) in [6.45, 7) is 6.87. The monoisotopic (exact) mass is 343 g/mol. The topological polar surface area (TPSA) is 58.4 Å². The average molecular weight is 344 g/mol. The first-order valence-corrected chi connectivity index (χ1v) is 9.30. The molecule has 0 aromatic rings. The fraction of sp³-hybridized carbons (Fsp3) is 0.944. The quantitative estimate of drug-likeness (QED) is 0.806. The maximum Gasteiger partial charge on any atom is 0.234 e. The van der Waals surface area contributed by atoms with Crippen molar-refractivity contribution in [1.82, 2.24) is 10.2 Å². The Morgan fingerprint density at radius 1 is 1.26 bits per heavy atom. The van der Waals surface area contributed by atoms with E-state index >= 15 is 0 Å². The van der Waals surface area contributed by atoms with Gasteiger partial charge in [-0.3, -0.25) is 9.69 Å². The summed E-state index contributed by atoms with van der Waals surface area (Å²) in [4.78, 5) is 14.7. The minimum atomic E-state index is 0. The number of halogens is 1. The van der Waals surface area contributed by atoms with E-state index in [-0.39, 0.29) is 24.4 Å². The molecule has 4 nitrogen and oxygen atoms in total. The number of fused-ring (bicyclic) bond motifs is 2. The van der Waals surface area contributed by atoms with Gasteiger partial charge in [0.2, 0.25) is 5.91 Å². The van der Waals surface area contributed by atoms with Crippen molar-refractivity contribution < 1.29 is 4.79 Å². The molecule has 3 rings (SSSR count). The first kappa shape index (κ1) is 19.0. The highest BCUT2D eigenvalue weighted by molar-refractivity contribution is 5.85. The lowest BCUT2D eigenvalue weighted by Gasteiger charge is -2.35. The minimum absolute atomic E-state index is 0. The molecule has 2 saturated carbocycles. The molecule has 5 heteroatoms. The van der Waals surface area contributed by atoms with Crippen LogP contribution >= 0.6 is 12.4 Å². The highest BCUT2D eigenvalue weighted by Crippen LogP contribution is 2.49. The first-order valence-electron chi connectivity index (χ1n) is 9.30. The van der Waals surface area contributed by atoms with Gasteiger partial charge in [0.1, 0.15) is 0 Å². The Bertz CT molecular complexity index is 404. The predicted molar refractivity (Wildman–Crippen MR) is 96.6 cm³/mol. The summed E-state index contributed by atoms with van der Waals surface area (Å²) < 4.78 is 0. The van der Waals surface area contributed by atoms with Crippen LogP contribution in [-0.2, 0) is 4.79 Å². The highest BCUT2D eigenvalue weighted by Gasteiger charge is 2.42. The zero-order valence-corrected chi connectivity index (χ0v) is 15.5. The van der Waals surface area contributed by atoms with Gasteiger partial charge in [0.25, 0.3) is 0 Å². The summed E-state index contributed by atoms with van der Waals surface area (Å²) in [5.74, 6) is 3.30. The molecule has 0 spiro atoms. The Morgan fingerprint density at radius 2 is 2.04 bits per heavy atom. The molecule has 1 amide bonds. The molecule has 1 heterocycles. The molecule has 3 N–H and O–H groups in total. The van der Waals surface area contributed by atoms with Crippen LogP contribution in [0.2, 0.25) is 0 Å². The number of nitrogens with two attached hydrogens (primary N) is 1.